The van der Waals surface area contributed by atoms with Gasteiger partial charge in [-0.25, -0.2) is 0 Å². The predicted octanol–water partition coefficient (Wildman–Crippen LogP) is 1.24. The molecular weight excluding hydrogens is 434 g/mol. The highest BCUT2D eigenvalue weighted by Gasteiger charge is 2.83. The van der Waals surface area contributed by atoms with Crippen LogP contribution in [-0.2, 0) is 4.74 Å². The summed E-state index contributed by atoms with van der Waals surface area (Å²) < 4.78 is 6.66. The molecule has 3 saturated heterocycles. The quantitative estimate of drug-likeness (QED) is 0.357. The van der Waals surface area contributed by atoms with Crippen LogP contribution in [0, 0.1) is 40.9 Å². The lowest BCUT2D eigenvalue weighted by Crippen LogP contribution is -2.72. The second kappa shape index (κ2) is 6.58. The Kier molecular flexibility index (Phi) is 4.43. The number of hydrogen-bond donors (Lipinski definition) is 5. The molecule has 14 atom stereocenters. The number of rotatable bonds is 0. The summed E-state index contributed by atoms with van der Waals surface area (Å²) in [7, 11) is 0. The van der Waals surface area contributed by atoms with E-state index < -0.39 is 34.8 Å². The number of aliphatic hydroxyl groups is 5. The predicted molar refractivity (Wildman–Crippen MR) is 123 cm³/mol. The van der Waals surface area contributed by atoms with Crippen molar-refractivity contribution >= 4 is 0 Å². The molecule has 4 saturated carbocycles. The smallest absolute Gasteiger partial charge is 0.196 e. The van der Waals surface area contributed by atoms with Gasteiger partial charge in [0.2, 0.25) is 0 Å². The fraction of sp³-hybridized carbons (Fsp3) is 1.00. The maximum atomic E-state index is 12.4. The first-order chi connectivity index (χ1) is 15.9. The lowest BCUT2D eigenvalue weighted by Gasteiger charge is -2.62. The lowest BCUT2D eigenvalue weighted by molar-refractivity contribution is -0.283. The van der Waals surface area contributed by atoms with E-state index in [1.54, 1.807) is 0 Å². The molecule has 3 heterocycles. The zero-order chi connectivity index (χ0) is 24.1. The summed E-state index contributed by atoms with van der Waals surface area (Å²) in [6, 6.07) is 0.0485. The van der Waals surface area contributed by atoms with Crippen molar-refractivity contribution in [1.82, 2.24) is 4.90 Å². The number of hydrogen-bond acceptors (Lipinski definition) is 7. The first-order valence-corrected chi connectivity index (χ1v) is 13.9. The molecule has 34 heavy (non-hydrogen) atoms. The Bertz CT molecular complexity index is 898. The number of fused-ring (bicyclic) bond motifs is 5. The van der Waals surface area contributed by atoms with Gasteiger partial charge in [-0.2, -0.15) is 0 Å². The van der Waals surface area contributed by atoms with Gasteiger partial charge < -0.3 is 30.3 Å². The summed E-state index contributed by atoms with van der Waals surface area (Å²) in [5.41, 5.74) is -3.11. The number of piperidine rings is 2. The summed E-state index contributed by atoms with van der Waals surface area (Å²) in [5, 5.41) is 58.3. The molecule has 0 aromatic rings. The highest BCUT2D eigenvalue weighted by molar-refractivity contribution is 5.30. The molecular formula is C27H43NO6. The maximum Gasteiger partial charge on any atom is 0.196 e. The summed E-state index contributed by atoms with van der Waals surface area (Å²) in [5.74, 6) is -1.69. The Labute approximate surface area is 202 Å². The van der Waals surface area contributed by atoms with E-state index in [0.717, 1.165) is 45.2 Å². The molecule has 7 nitrogen and oxygen atoms in total. The second-order valence-corrected chi connectivity index (χ2v) is 14.0. The van der Waals surface area contributed by atoms with Gasteiger partial charge in [-0.05, 0) is 69.6 Å². The Morgan fingerprint density at radius 3 is 2.38 bits per heavy atom. The Balaban J connectivity index is 1.32. The molecule has 1 spiro atoms. The first-order valence-electron chi connectivity index (χ1n) is 13.9. The van der Waals surface area contributed by atoms with E-state index in [0.29, 0.717) is 18.8 Å². The van der Waals surface area contributed by atoms with Crippen LogP contribution >= 0.6 is 0 Å². The van der Waals surface area contributed by atoms with E-state index in [1.807, 2.05) is 6.92 Å². The van der Waals surface area contributed by atoms with Crippen molar-refractivity contribution in [2.45, 2.75) is 113 Å². The van der Waals surface area contributed by atoms with Crippen molar-refractivity contribution in [3.05, 3.63) is 0 Å². The molecule has 0 aromatic heterocycles. The Hall–Kier alpha value is -0.280. The zero-order valence-corrected chi connectivity index (χ0v) is 20.9. The van der Waals surface area contributed by atoms with Crippen LogP contribution in [0.1, 0.15) is 72.1 Å². The third kappa shape index (κ3) is 2.36. The van der Waals surface area contributed by atoms with E-state index in [2.05, 4.69) is 18.7 Å². The van der Waals surface area contributed by atoms with Gasteiger partial charge in [0.15, 0.2) is 5.79 Å². The van der Waals surface area contributed by atoms with Gasteiger partial charge in [0.1, 0.15) is 6.10 Å². The highest BCUT2D eigenvalue weighted by atomic mass is 16.7. The van der Waals surface area contributed by atoms with Crippen LogP contribution in [0.25, 0.3) is 0 Å². The molecule has 7 rings (SSSR count). The first kappa shape index (κ1) is 22.9. The van der Waals surface area contributed by atoms with Crippen molar-refractivity contribution in [2.24, 2.45) is 40.9 Å². The Morgan fingerprint density at radius 2 is 1.62 bits per heavy atom. The molecule has 5 N–H and O–H groups in total. The van der Waals surface area contributed by atoms with Gasteiger partial charge in [-0.15, -0.1) is 0 Å². The average Bonchev–Trinajstić information content (AvgIpc) is 2.98. The molecule has 0 amide bonds. The molecule has 3 aliphatic heterocycles. The fourth-order valence-corrected chi connectivity index (χ4v) is 11.4. The minimum Gasteiger partial charge on any atom is -0.393 e. The summed E-state index contributed by atoms with van der Waals surface area (Å²) in [6.07, 6.45) is 4.02. The third-order valence-corrected chi connectivity index (χ3v) is 12.7. The van der Waals surface area contributed by atoms with E-state index >= 15 is 0 Å². The maximum absolute atomic E-state index is 12.4. The molecule has 0 radical (unpaired) electrons. The second-order valence-electron chi connectivity index (χ2n) is 14.0. The van der Waals surface area contributed by atoms with Gasteiger partial charge in [0.05, 0.1) is 22.9 Å². The van der Waals surface area contributed by atoms with Crippen LogP contribution in [-0.4, -0.2) is 84.4 Å². The van der Waals surface area contributed by atoms with Crippen LogP contribution in [0.15, 0.2) is 0 Å². The largest absolute Gasteiger partial charge is 0.393 e. The van der Waals surface area contributed by atoms with Gasteiger partial charge in [-0.1, -0.05) is 13.8 Å². The van der Waals surface area contributed by atoms with Crippen molar-refractivity contribution in [2.75, 3.05) is 13.1 Å². The fourth-order valence-electron chi connectivity index (χ4n) is 11.4. The SMILES string of the molecule is CC1CCC2N(C1)CC1C(C(O)CC3(O)C1CC14OC5(O)C(O)CCC1(C)C5CCC34)C2(C)O. The monoisotopic (exact) mass is 477 g/mol. The van der Waals surface area contributed by atoms with Gasteiger partial charge in [-0.3, -0.25) is 4.90 Å². The van der Waals surface area contributed by atoms with E-state index in [1.165, 1.54) is 0 Å². The topological polar surface area (TPSA) is 114 Å². The van der Waals surface area contributed by atoms with E-state index in [4.69, 9.17) is 4.74 Å². The third-order valence-electron chi connectivity index (χ3n) is 12.7. The van der Waals surface area contributed by atoms with Crippen molar-refractivity contribution in [3.63, 3.8) is 0 Å². The summed E-state index contributed by atoms with van der Waals surface area (Å²) >= 11 is 0. The standard InChI is InChI=1S/C27H43NO6/c1-14-4-7-20-24(3,31)22-15(13-28(20)12-14)16-10-26-19(25(16,32)11-17(22)29)6-5-18-23(26,2)9-8-21(30)27(18,33)34-26/h14-22,29-33H,4-13H2,1-3H3. The molecule has 0 aromatic carbocycles. The van der Waals surface area contributed by atoms with Gasteiger partial charge >= 0.3 is 0 Å². The van der Waals surface area contributed by atoms with E-state index in [9.17, 15) is 25.5 Å². The molecule has 14 unspecified atom stereocenters. The van der Waals surface area contributed by atoms with Gasteiger partial charge in [0.25, 0.3) is 0 Å². The van der Waals surface area contributed by atoms with Crippen molar-refractivity contribution in [3.8, 4) is 0 Å². The minimum absolute atomic E-state index is 0.0315. The van der Waals surface area contributed by atoms with Crippen LogP contribution in [0.2, 0.25) is 0 Å². The zero-order valence-electron chi connectivity index (χ0n) is 20.9. The van der Waals surface area contributed by atoms with Gasteiger partial charge in [0, 0.05) is 48.7 Å². The van der Waals surface area contributed by atoms with Crippen LogP contribution in [0.3, 0.4) is 0 Å². The molecule has 4 aliphatic carbocycles. The van der Waals surface area contributed by atoms with E-state index in [-0.39, 0.29) is 47.5 Å². The summed E-state index contributed by atoms with van der Waals surface area (Å²) in [6.45, 7) is 8.13. The lowest BCUT2D eigenvalue weighted by atomic mass is 9.50. The van der Waals surface area contributed by atoms with Crippen LogP contribution in [0.4, 0.5) is 0 Å². The Morgan fingerprint density at radius 1 is 0.882 bits per heavy atom. The molecule has 7 heteroatoms. The molecule has 192 valence electrons. The van der Waals surface area contributed by atoms with Crippen molar-refractivity contribution < 1.29 is 30.3 Å². The van der Waals surface area contributed by atoms with Crippen LogP contribution in [0.5, 0.6) is 0 Å². The minimum atomic E-state index is -1.55. The number of aliphatic hydroxyl groups excluding tert-OH is 2. The number of nitrogens with zero attached hydrogens (tertiary/aromatic N) is 1. The molecule has 7 aliphatic rings. The van der Waals surface area contributed by atoms with Crippen molar-refractivity contribution in [1.29, 1.82) is 0 Å². The summed E-state index contributed by atoms with van der Waals surface area (Å²) in [4.78, 5) is 2.43. The molecule has 4 bridgehead atoms. The average molecular weight is 478 g/mol. The molecule has 7 fully saturated rings. The number of ether oxygens (including phenoxy) is 1. The van der Waals surface area contributed by atoms with Crippen LogP contribution < -0.4 is 0 Å². The normalized spacial score (nSPS) is 66.9. The highest BCUT2D eigenvalue weighted by Crippen LogP contribution is 2.76.